The van der Waals surface area contributed by atoms with Gasteiger partial charge in [0.15, 0.2) is 5.78 Å². The molecule has 2 aromatic rings. The van der Waals surface area contributed by atoms with Crippen molar-refractivity contribution in [2.24, 2.45) is 0 Å². The van der Waals surface area contributed by atoms with Crippen molar-refractivity contribution in [2.45, 2.75) is 0 Å². The van der Waals surface area contributed by atoms with E-state index < -0.39 is 0 Å². The Balaban J connectivity index is 2.55. The molecule has 4 heteroatoms. The molecule has 1 N–H and O–H groups in total. The molecule has 0 bridgehead atoms. The summed E-state index contributed by atoms with van der Waals surface area (Å²) in [4.78, 5) is 12.1. The number of carbonyl (C=O) groups is 1. The Morgan fingerprint density at radius 2 is 1.76 bits per heavy atom. The number of phenolic OH excluding ortho intramolecular Hbond substituents is 1. The van der Waals surface area contributed by atoms with Gasteiger partial charge in [0.05, 0.1) is 5.02 Å². The first-order valence-electron chi connectivity index (χ1n) is 6.14. The third-order valence-electron chi connectivity index (χ3n) is 2.88. The summed E-state index contributed by atoms with van der Waals surface area (Å²) in [5.74, 6) is -0.0828. The van der Waals surface area contributed by atoms with Crippen molar-refractivity contribution < 1.29 is 9.90 Å². The van der Waals surface area contributed by atoms with E-state index in [9.17, 15) is 9.90 Å². The Morgan fingerprint density at radius 3 is 2.33 bits per heavy atom. The minimum atomic E-state index is -0.243. The molecular formula is C17H12Cl2O2. The van der Waals surface area contributed by atoms with Crippen LogP contribution in [0.15, 0.2) is 55.1 Å². The molecule has 0 unspecified atom stereocenters. The Labute approximate surface area is 132 Å². The monoisotopic (exact) mass is 318 g/mol. The zero-order valence-corrected chi connectivity index (χ0v) is 12.5. The highest BCUT2D eigenvalue weighted by Crippen LogP contribution is 2.29. The second-order valence-electron chi connectivity index (χ2n) is 4.34. The molecule has 21 heavy (non-hydrogen) atoms. The van der Waals surface area contributed by atoms with E-state index in [1.54, 1.807) is 48.5 Å². The van der Waals surface area contributed by atoms with Crippen LogP contribution in [0.2, 0.25) is 10.0 Å². The predicted octanol–water partition coefficient (Wildman–Crippen LogP) is 4.99. The van der Waals surface area contributed by atoms with Gasteiger partial charge in [-0.05, 0) is 42.0 Å². The van der Waals surface area contributed by atoms with Gasteiger partial charge in [-0.15, -0.1) is 0 Å². The van der Waals surface area contributed by atoms with Crippen molar-refractivity contribution in [3.63, 3.8) is 0 Å². The second-order valence-corrected chi connectivity index (χ2v) is 5.19. The van der Waals surface area contributed by atoms with Crippen molar-refractivity contribution in [3.8, 4) is 5.75 Å². The maximum atomic E-state index is 12.1. The molecule has 0 saturated heterocycles. The fraction of sp³-hybridized carbons (Fsp3) is 0. The SMILES string of the molecule is C=CC(=O)C(=Cc1ccc(O)cc1)c1ccc(Cl)cc1Cl. The van der Waals surface area contributed by atoms with E-state index in [1.807, 2.05) is 0 Å². The highest BCUT2D eigenvalue weighted by atomic mass is 35.5. The first-order valence-corrected chi connectivity index (χ1v) is 6.90. The molecule has 0 atom stereocenters. The minimum Gasteiger partial charge on any atom is -0.508 e. The summed E-state index contributed by atoms with van der Waals surface area (Å²) in [6, 6.07) is 11.4. The van der Waals surface area contributed by atoms with Crippen LogP contribution in [0.1, 0.15) is 11.1 Å². The van der Waals surface area contributed by atoms with Gasteiger partial charge in [0.2, 0.25) is 0 Å². The topological polar surface area (TPSA) is 37.3 Å². The van der Waals surface area contributed by atoms with E-state index in [0.29, 0.717) is 21.2 Å². The van der Waals surface area contributed by atoms with Crippen LogP contribution in [0.5, 0.6) is 5.75 Å². The van der Waals surface area contributed by atoms with Crippen LogP contribution in [0.25, 0.3) is 11.6 Å². The molecule has 106 valence electrons. The van der Waals surface area contributed by atoms with E-state index in [2.05, 4.69) is 6.58 Å². The minimum absolute atomic E-state index is 0.160. The molecule has 2 aromatic carbocycles. The molecule has 0 aliphatic rings. The number of carbonyl (C=O) groups excluding carboxylic acids is 1. The van der Waals surface area contributed by atoms with Gasteiger partial charge >= 0.3 is 0 Å². The summed E-state index contributed by atoms with van der Waals surface area (Å²) in [5.41, 5.74) is 1.76. The number of hydrogen-bond donors (Lipinski definition) is 1. The van der Waals surface area contributed by atoms with E-state index in [0.717, 1.165) is 5.56 Å². The molecule has 0 spiro atoms. The fourth-order valence-electron chi connectivity index (χ4n) is 1.84. The summed E-state index contributed by atoms with van der Waals surface area (Å²) in [6.45, 7) is 3.51. The lowest BCUT2D eigenvalue weighted by atomic mass is 9.99. The van der Waals surface area contributed by atoms with Gasteiger partial charge in [0, 0.05) is 16.2 Å². The summed E-state index contributed by atoms with van der Waals surface area (Å²) in [7, 11) is 0. The third-order valence-corrected chi connectivity index (χ3v) is 3.42. The van der Waals surface area contributed by atoms with Gasteiger partial charge in [-0.1, -0.05) is 48.0 Å². The van der Waals surface area contributed by atoms with Crippen molar-refractivity contribution in [2.75, 3.05) is 0 Å². The summed E-state index contributed by atoms with van der Waals surface area (Å²) < 4.78 is 0. The molecule has 0 aliphatic carbocycles. The number of phenols is 1. The molecular weight excluding hydrogens is 307 g/mol. The third kappa shape index (κ3) is 3.75. The Morgan fingerprint density at radius 1 is 1.10 bits per heavy atom. The maximum Gasteiger partial charge on any atom is 0.185 e. The standard InChI is InChI=1S/C17H12Cl2O2/c1-2-17(21)15(9-11-3-6-13(20)7-4-11)14-8-5-12(18)10-16(14)19/h2-10,20H,1H2. The average molecular weight is 319 g/mol. The number of allylic oxidation sites excluding steroid dienone is 2. The van der Waals surface area contributed by atoms with Crippen LogP contribution >= 0.6 is 23.2 Å². The number of halogens is 2. The zero-order chi connectivity index (χ0) is 15.4. The Hall–Kier alpha value is -2.03. The molecule has 0 fully saturated rings. The van der Waals surface area contributed by atoms with E-state index in [4.69, 9.17) is 23.2 Å². The van der Waals surface area contributed by atoms with E-state index in [-0.39, 0.29) is 11.5 Å². The number of benzene rings is 2. The van der Waals surface area contributed by atoms with Gasteiger partial charge in [-0.3, -0.25) is 4.79 Å². The van der Waals surface area contributed by atoms with Gasteiger partial charge in [-0.2, -0.15) is 0 Å². The zero-order valence-electron chi connectivity index (χ0n) is 11.0. The van der Waals surface area contributed by atoms with Gasteiger partial charge in [0.25, 0.3) is 0 Å². The van der Waals surface area contributed by atoms with Crippen LogP contribution in [-0.4, -0.2) is 10.9 Å². The second kappa shape index (κ2) is 6.61. The largest absolute Gasteiger partial charge is 0.508 e. The smallest absolute Gasteiger partial charge is 0.185 e. The van der Waals surface area contributed by atoms with Crippen LogP contribution in [-0.2, 0) is 4.79 Å². The number of aromatic hydroxyl groups is 1. The highest BCUT2D eigenvalue weighted by Gasteiger charge is 2.13. The van der Waals surface area contributed by atoms with Crippen LogP contribution in [0.4, 0.5) is 0 Å². The summed E-state index contributed by atoms with van der Waals surface area (Å²) in [5, 5.41) is 10.2. The maximum absolute atomic E-state index is 12.1. The lowest BCUT2D eigenvalue weighted by Gasteiger charge is -2.08. The quantitative estimate of drug-likeness (QED) is 0.636. The molecule has 0 radical (unpaired) electrons. The Bertz CT molecular complexity index is 716. The number of ketones is 1. The van der Waals surface area contributed by atoms with E-state index in [1.165, 1.54) is 6.08 Å². The van der Waals surface area contributed by atoms with Crippen molar-refractivity contribution >= 4 is 40.6 Å². The highest BCUT2D eigenvalue weighted by molar-refractivity contribution is 6.39. The fourth-order valence-corrected chi connectivity index (χ4v) is 2.35. The first-order chi connectivity index (χ1) is 10.0. The lowest BCUT2D eigenvalue weighted by Crippen LogP contribution is -1.98. The average Bonchev–Trinajstić information content (AvgIpc) is 2.47. The normalized spacial score (nSPS) is 11.2. The lowest BCUT2D eigenvalue weighted by molar-refractivity contribution is -0.109. The molecule has 0 aromatic heterocycles. The molecule has 0 aliphatic heterocycles. The van der Waals surface area contributed by atoms with E-state index >= 15 is 0 Å². The van der Waals surface area contributed by atoms with Gasteiger partial charge in [-0.25, -0.2) is 0 Å². The van der Waals surface area contributed by atoms with Crippen molar-refractivity contribution in [1.82, 2.24) is 0 Å². The summed E-state index contributed by atoms with van der Waals surface area (Å²) >= 11 is 12.0. The van der Waals surface area contributed by atoms with Crippen LogP contribution in [0.3, 0.4) is 0 Å². The van der Waals surface area contributed by atoms with Gasteiger partial charge < -0.3 is 5.11 Å². The predicted molar refractivity (Wildman–Crippen MR) is 87.6 cm³/mol. The van der Waals surface area contributed by atoms with Crippen LogP contribution < -0.4 is 0 Å². The Kier molecular flexibility index (Phi) is 4.84. The van der Waals surface area contributed by atoms with Crippen molar-refractivity contribution in [1.29, 1.82) is 0 Å². The first kappa shape index (κ1) is 15.4. The van der Waals surface area contributed by atoms with Crippen LogP contribution in [0, 0.1) is 0 Å². The number of rotatable bonds is 4. The molecule has 0 heterocycles. The van der Waals surface area contributed by atoms with Gasteiger partial charge in [0.1, 0.15) is 5.75 Å². The molecule has 2 nitrogen and oxygen atoms in total. The number of hydrogen-bond acceptors (Lipinski definition) is 2. The molecule has 2 rings (SSSR count). The summed E-state index contributed by atoms with van der Waals surface area (Å²) in [6.07, 6.45) is 2.93. The van der Waals surface area contributed by atoms with Crippen molar-refractivity contribution in [3.05, 3.63) is 76.3 Å². The molecule has 0 saturated carbocycles. The molecule has 0 amide bonds.